The molecule has 0 aromatic heterocycles. The monoisotopic (exact) mass is 204 g/mol. The molecule has 0 rings (SSSR count). The van der Waals surface area contributed by atoms with E-state index >= 15 is 0 Å². The van der Waals surface area contributed by atoms with Crippen molar-refractivity contribution in [2.45, 2.75) is 31.8 Å². The summed E-state index contributed by atoms with van der Waals surface area (Å²) >= 11 is 0. The summed E-state index contributed by atoms with van der Waals surface area (Å²) in [5.41, 5.74) is 5.44. The average molecular weight is 204 g/mol. The van der Waals surface area contributed by atoms with E-state index in [0.29, 0.717) is 6.42 Å². The molecule has 0 heterocycles. The molecule has 0 spiro atoms. The van der Waals surface area contributed by atoms with Crippen molar-refractivity contribution in [2.75, 3.05) is 6.61 Å². The van der Waals surface area contributed by atoms with Gasteiger partial charge in [0.25, 0.3) is 0 Å². The number of amides is 1. The van der Waals surface area contributed by atoms with Gasteiger partial charge in [-0.15, -0.1) is 0 Å². The summed E-state index contributed by atoms with van der Waals surface area (Å²) in [6.07, 6.45) is 1.23. The number of rotatable bonds is 6. The van der Waals surface area contributed by atoms with Gasteiger partial charge in [0.05, 0.1) is 12.6 Å². The molecule has 0 bridgehead atoms. The second-order valence-corrected chi connectivity index (χ2v) is 2.98. The van der Waals surface area contributed by atoms with Crippen LogP contribution in [0.2, 0.25) is 0 Å². The molecule has 0 aliphatic heterocycles. The van der Waals surface area contributed by atoms with E-state index in [2.05, 4.69) is 5.32 Å². The van der Waals surface area contributed by atoms with Crippen molar-refractivity contribution in [1.29, 1.82) is 0 Å². The smallest absolute Gasteiger partial charge is 0.328 e. The van der Waals surface area contributed by atoms with E-state index in [4.69, 9.17) is 15.9 Å². The van der Waals surface area contributed by atoms with Gasteiger partial charge in [-0.3, -0.25) is 4.79 Å². The highest BCUT2D eigenvalue weighted by atomic mass is 16.4. The summed E-state index contributed by atoms with van der Waals surface area (Å²) in [5.74, 6) is -1.82. The van der Waals surface area contributed by atoms with Crippen molar-refractivity contribution in [2.24, 2.45) is 5.73 Å². The van der Waals surface area contributed by atoms with Crippen LogP contribution in [0.5, 0.6) is 0 Å². The van der Waals surface area contributed by atoms with Crippen LogP contribution in [0.15, 0.2) is 0 Å². The predicted molar refractivity (Wildman–Crippen MR) is 49.5 cm³/mol. The molecule has 0 aliphatic carbocycles. The van der Waals surface area contributed by atoms with E-state index in [1.54, 1.807) is 0 Å². The van der Waals surface area contributed by atoms with Crippen molar-refractivity contribution in [1.82, 2.24) is 5.32 Å². The Hall–Kier alpha value is -1.14. The first-order chi connectivity index (χ1) is 6.52. The van der Waals surface area contributed by atoms with Gasteiger partial charge in [0.15, 0.2) is 0 Å². The number of nitrogens with one attached hydrogen (secondary N) is 1. The summed E-state index contributed by atoms with van der Waals surface area (Å²) in [6, 6.07) is -1.99. The molecule has 0 saturated carbocycles. The van der Waals surface area contributed by atoms with Crippen LogP contribution < -0.4 is 11.1 Å². The first kappa shape index (κ1) is 12.9. The highest BCUT2D eigenvalue weighted by Crippen LogP contribution is 1.94. The lowest BCUT2D eigenvalue weighted by molar-refractivity contribution is -0.143. The summed E-state index contributed by atoms with van der Waals surface area (Å²) in [5, 5.41) is 19.3. The SMILES string of the molecule is CCCC(N)C(=O)N[C@H](CO)C(=O)O. The fourth-order valence-electron chi connectivity index (χ4n) is 0.906. The molecule has 0 radical (unpaired) electrons. The van der Waals surface area contributed by atoms with Crippen LogP contribution >= 0.6 is 0 Å². The zero-order valence-electron chi connectivity index (χ0n) is 8.06. The molecule has 0 aromatic rings. The van der Waals surface area contributed by atoms with Gasteiger partial charge in [-0.25, -0.2) is 4.79 Å². The topological polar surface area (TPSA) is 113 Å². The first-order valence-corrected chi connectivity index (χ1v) is 4.42. The van der Waals surface area contributed by atoms with Crippen LogP contribution in [0.1, 0.15) is 19.8 Å². The van der Waals surface area contributed by atoms with Crippen molar-refractivity contribution >= 4 is 11.9 Å². The summed E-state index contributed by atoms with van der Waals surface area (Å²) in [4.78, 5) is 21.6. The van der Waals surface area contributed by atoms with Crippen LogP contribution in [-0.2, 0) is 9.59 Å². The Bertz CT molecular complexity index is 208. The molecule has 0 aliphatic rings. The molecule has 5 N–H and O–H groups in total. The minimum absolute atomic E-state index is 0.490. The molecular weight excluding hydrogens is 188 g/mol. The number of aliphatic hydroxyl groups is 1. The Morgan fingerprint density at radius 2 is 2.07 bits per heavy atom. The van der Waals surface area contributed by atoms with Crippen LogP contribution in [0.25, 0.3) is 0 Å². The fourth-order valence-corrected chi connectivity index (χ4v) is 0.906. The maximum absolute atomic E-state index is 11.2. The van der Waals surface area contributed by atoms with Gasteiger partial charge in [-0.2, -0.15) is 0 Å². The van der Waals surface area contributed by atoms with Gasteiger partial charge in [0.2, 0.25) is 5.91 Å². The largest absolute Gasteiger partial charge is 0.480 e. The second kappa shape index (κ2) is 6.33. The Labute approximate surface area is 82.1 Å². The first-order valence-electron chi connectivity index (χ1n) is 4.42. The maximum atomic E-state index is 11.2. The number of hydrogen-bond donors (Lipinski definition) is 4. The average Bonchev–Trinajstić information content (AvgIpc) is 2.13. The normalized spacial score (nSPS) is 14.5. The van der Waals surface area contributed by atoms with Crippen molar-refractivity contribution in [3.8, 4) is 0 Å². The lowest BCUT2D eigenvalue weighted by Crippen LogP contribution is -2.49. The number of carboxylic acid groups (broad SMARTS) is 1. The Kier molecular flexibility index (Phi) is 5.82. The van der Waals surface area contributed by atoms with E-state index in [-0.39, 0.29) is 0 Å². The number of carbonyl (C=O) groups is 2. The predicted octanol–water partition coefficient (Wildman–Crippen LogP) is -1.32. The van der Waals surface area contributed by atoms with E-state index < -0.39 is 30.6 Å². The molecule has 6 heteroatoms. The van der Waals surface area contributed by atoms with Gasteiger partial charge in [0.1, 0.15) is 6.04 Å². The molecule has 0 aromatic carbocycles. The lowest BCUT2D eigenvalue weighted by atomic mass is 10.1. The van der Waals surface area contributed by atoms with E-state index in [9.17, 15) is 9.59 Å². The third kappa shape index (κ3) is 4.20. The van der Waals surface area contributed by atoms with Gasteiger partial charge in [-0.05, 0) is 6.42 Å². The molecule has 2 atom stereocenters. The number of carbonyl (C=O) groups excluding carboxylic acids is 1. The molecule has 0 fully saturated rings. The van der Waals surface area contributed by atoms with Gasteiger partial charge < -0.3 is 21.3 Å². The quantitative estimate of drug-likeness (QED) is 0.428. The summed E-state index contributed by atoms with van der Waals surface area (Å²) < 4.78 is 0. The van der Waals surface area contributed by atoms with Crippen LogP contribution in [-0.4, -0.2) is 40.8 Å². The summed E-state index contributed by atoms with van der Waals surface area (Å²) in [7, 11) is 0. The zero-order chi connectivity index (χ0) is 11.1. The molecule has 0 saturated heterocycles. The van der Waals surface area contributed by atoms with Crippen molar-refractivity contribution in [3.05, 3.63) is 0 Å². The third-order valence-corrected chi connectivity index (χ3v) is 1.73. The van der Waals surface area contributed by atoms with Crippen molar-refractivity contribution in [3.63, 3.8) is 0 Å². The molecule has 6 nitrogen and oxygen atoms in total. The molecule has 14 heavy (non-hydrogen) atoms. The molecule has 1 unspecified atom stereocenters. The van der Waals surface area contributed by atoms with Crippen molar-refractivity contribution < 1.29 is 19.8 Å². The van der Waals surface area contributed by atoms with Gasteiger partial charge >= 0.3 is 5.97 Å². The minimum atomic E-state index is -1.27. The van der Waals surface area contributed by atoms with E-state index in [1.165, 1.54) is 0 Å². The van der Waals surface area contributed by atoms with Crippen LogP contribution in [0.4, 0.5) is 0 Å². The number of aliphatic hydroxyl groups excluding tert-OH is 1. The highest BCUT2D eigenvalue weighted by molar-refractivity contribution is 5.86. The van der Waals surface area contributed by atoms with E-state index in [0.717, 1.165) is 6.42 Å². The molecule has 1 amide bonds. The minimum Gasteiger partial charge on any atom is -0.480 e. The fraction of sp³-hybridized carbons (Fsp3) is 0.750. The Morgan fingerprint density at radius 3 is 2.43 bits per heavy atom. The zero-order valence-corrected chi connectivity index (χ0v) is 8.06. The Balaban J connectivity index is 4.08. The third-order valence-electron chi connectivity index (χ3n) is 1.73. The number of nitrogens with two attached hydrogens (primary N) is 1. The highest BCUT2D eigenvalue weighted by Gasteiger charge is 2.21. The standard InChI is InChI=1S/C8H16N2O4/c1-2-3-5(9)7(12)10-6(4-11)8(13)14/h5-6,11H,2-4,9H2,1H3,(H,10,12)(H,13,14)/t5?,6-/m1/s1. The Morgan fingerprint density at radius 1 is 1.50 bits per heavy atom. The number of aliphatic carboxylic acids is 1. The number of hydrogen-bond acceptors (Lipinski definition) is 4. The summed E-state index contributed by atoms with van der Waals surface area (Å²) in [6.45, 7) is 1.23. The van der Waals surface area contributed by atoms with Crippen LogP contribution in [0.3, 0.4) is 0 Å². The lowest BCUT2D eigenvalue weighted by Gasteiger charge is -2.15. The number of carboxylic acids is 1. The molecule has 82 valence electrons. The van der Waals surface area contributed by atoms with Gasteiger partial charge in [0, 0.05) is 0 Å². The molecular formula is C8H16N2O4. The second-order valence-electron chi connectivity index (χ2n) is 2.98. The van der Waals surface area contributed by atoms with E-state index in [1.807, 2.05) is 6.92 Å². The van der Waals surface area contributed by atoms with Crippen LogP contribution in [0, 0.1) is 0 Å². The van der Waals surface area contributed by atoms with Gasteiger partial charge in [-0.1, -0.05) is 13.3 Å². The maximum Gasteiger partial charge on any atom is 0.328 e.